The van der Waals surface area contributed by atoms with E-state index in [4.69, 9.17) is 4.42 Å². The number of furan rings is 1. The molecular weight excluding hydrogens is 286 g/mol. The second kappa shape index (κ2) is 7.43. The topological polar surface area (TPSA) is 50.5 Å². The maximum Gasteiger partial charge on any atom is 0.213 e. The van der Waals surface area contributed by atoms with Crippen molar-refractivity contribution in [3.8, 4) is 0 Å². The monoisotopic (exact) mass is 307 g/mol. The maximum atomic E-state index is 12.2. The van der Waals surface area contributed by atoms with Gasteiger partial charge in [-0.2, -0.15) is 0 Å². The van der Waals surface area contributed by atoms with E-state index in [1.165, 1.54) is 9.87 Å². The van der Waals surface area contributed by atoms with E-state index in [9.17, 15) is 8.42 Å². The Morgan fingerprint density at radius 2 is 1.81 bits per heavy atom. The van der Waals surface area contributed by atoms with Crippen molar-refractivity contribution in [2.75, 3.05) is 19.3 Å². The minimum absolute atomic E-state index is 0.177. The Morgan fingerprint density at radius 3 is 2.48 bits per heavy atom. The van der Waals surface area contributed by atoms with Gasteiger partial charge in [0, 0.05) is 20.0 Å². The Balaban J connectivity index is 1.77. The van der Waals surface area contributed by atoms with Crippen LogP contribution in [0.25, 0.3) is 0 Å². The van der Waals surface area contributed by atoms with Crippen LogP contribution in [0, 0.1) is 0 Å². The third kappa shape index (κ3) is 5.02. The molecule has 1 aromatic heterocycles. The fourth-order valence-electron chi connectivity index (χ4n) is 2.12. The van der Waals surface area contributed by atoms with Gasteiger partial charge in [0.05, 0.1) is 12.0 Å². The highest BCUT2D eigenvalue weighted by Crippen LogP contribution is 2.08. The lowest BCUT2D eigenvalue weighted by Crippen LogP contribution is -2.31. The summed E-state index contributed by atoms with van der Waals surface area (Å²) in [7, 11) is -1.57. The lowest BCUT2D eigenvalue weighted by Gasteiger charge is -2.16. The Bertz CT molecular complexity index is 621. The molecule has 0 aliphatic rings. The van der Waals surface area contributed by atoms with E-state index < -0.39 is 10.0 Å². The minimum atomic E-state index is -3.19. The third-order valence-corrected chi connectivity index (χ3v) is 5.38. The molecule has 0 amide bonds. The first-order chi connectivity index (χ1) is 10.1. The molecule has 0 aliphatic carbocycles. The van der Waals surface area contributed by atoms with Crippen LogP contribution in [0.15, 0.2) is 53.1 Å². The largest absolute Gasteiger partial charge is 0.469 e. The molecule has 0 saturated carbocycles. The van der Waals surface area contributed by atoms with Gasteiger partial charge < -0.3 is 4.42 Å². The number of hydrogen-bond acceptors (Lipinski definition) is 3. The standard InChI is InChI=1S/C16H21NO3S/c1-17(12-11-16-10-5-13-20-16)21(18,19)14-6-9-15-7-3-2-4-8-15/h2-5,7-8,10,13H,6,9,11-12,14H2,1H3. The molecule has 1 heterocycles. The van der Waals surface area contributed by atoms with Gasteiger partial charge in [0.15, 0.2) is 0 Å². The van der Waals surface area contributed by atoms with Crippen LogP contribution in [0.1, 0.15) is 17.7 Å². The molecule has 0 spiro atoms. The Morgan fingerprint density at radius 1 is 1.05 bits per heavy atom. The van der Waals surface area contributed by atoms with Gasteiger partial charge in [-0.05, 0) is 30.5 Å². The summed E-state index contributed by atoms with van der Waals surface area (Å²) in [5.74, 6) is 0.984. The Labute approximate surface area is 126 Å². The molecule has 1 aromatic carbocycles. The number of rotatable bonds is 8. The molecular formula is C16H21NO3S. The van der Waals surface area contributed by atoms with Crippen molar-refractivity contribution in [3.05, 3.63) is 60.1 Å². The lowest BCUT2D eigenvalue weighted by atomic mass is 10.1. The molecule has 0 saturated heterocycles. The molecule has 0 bridgehead atoms. The fraction of sp³-hybridized carbons (Fsp3) is 0.375. The number of hydrogen-bond donors (Lipinski definition) is 0. The van der Waals surface area contributed by atoms with E-state index in [0.29, 0.717) is 19.4 Å². The summed E-state index contributed by atoms with van der Waals surface area (Å²) in [6, 6.07) is 13.6. The zero-order valence-corrected chi connectivity index (χ0v) is 13.1. The molecule has 0 radical (unpaired) electrons. The highest BCUT2D eigenvalue weighted by atomic mass is 32.2. The summed E-state index contributed by atoms with van der Waals surface area (Å²) in [6.45, 7) is 0.446. The van der Waals surface area contributed by atoms with Gasteiger partial charge in [-0.1, -0.05) is 30.3 Å². The summed E-state index contributed by atoms with van der Waals surface area (Å²) in [4.78, 5) is 0. The molecule has 114 valence electrons. The molecule has 0 unspecified atom stereocenters. The second-order valence-electron chi connectivity index (χ2n) is 5.06. The van der Waals surface area contributed by atoms with E-state index >= 15 is 0 Å². The molecule has 4 nitrogen and oxygen atoms in total. The summed E-state index contributed by atoms with van der Waals surface area (Å²) < 4.78 is 31.0. The van der Waals surface area contributed by atoms with E-state index in [0.717, 1.165) is 12.2 Å². The fourth-order valence-corrected chi connectivity index (χ4v) is 3.31. The van der Waals surface area contributed by atoms with E-state index in [1.54, 1.807) is 13.3 Å². The van der Waals surface area contributed by atoms with Crippen LogP contribution in [0.2, 0.25) is 0 Å². The number of benzene rings is 1. The predicted molar refractivity (Wildman–Crippen MR) is 83.6 cm³/mol. The molecule has 5 heteroatoms. The van der Waals surface area contributed by atoms with Crippen LogP contribution < -0.4 is 0 Å². The summed E-state index contributed by atoms with van der Waals surface area (Å²) in [5.41, 5.74) is 1.17. The molecule has 2 aromatic rings. The summed E-state index contributed by atoms with van der Waals surface area (Å²) >= 11 is 0. The van der Waals surface area contributed by atoms with Gasteiger partial charge in [0.25, 0.3) is 0 Å². The van der Waals surface area contributed by atoms with Crippen LogP contribution >= 0.6 is 0 Å². The molecule has 2 rings (SSSR count). The Hall–Kier alpha value is -1.59. The number of likely N-dealkylation sites (N-methyl/N-ethyl adjacent to an activating group) is 1. The zero-order chi connectivity index (χ0) is 15.1. The van der Waals surface area contributed by atoms with E-state index in [2.05, 4.69) is 0 Å². The second-order valence-corrected chi connectivity index (χ2v) is 7.25. The molecule has 21 heavy (non-hydrogen) atoms. The van der Waals surface area contributed by atoms with Crippen LogP contribution in [-0.2, 0) is 22.9 Å². The van der Waals surface area contributed by atoms with Gasteiger partial charge in [0.1, 0.15) is 5.76 Å². The van der Waals surface area contributed by atoms with Crippen molar-refractivity contribution in [1.82, 2.24) is 4.31 Å². The molecule has 0 fully saturated rings. The SMILES string of the molecule is CN(CCc1ccco1)S(=O)(=O)CCCc1ccccc1. The Kier molecular flexibility index (Phi) is 5.59. The molecule has 0 aliphatic heterocycles. The van der Waals surface area contributed by atoms with E-state index in [1.807, 2.05) is 42.5 Å². The van der Waals surface area contributed by atoms with Crippen molar-refractivity contribution in [2.45, 2.75) is 19.3 Å². The van der Waals surface area contributed by atoms with Gasteiger partial charge in [-0.25, -0.2) is 12.7 Å². The van der Waals surface area contributed by atoms with E-state index in [-0.39, 0.29) is 5.75 Å². The number of sulfonamides is 1. The molecule has 0 atom stereocenters. The number of nitrogens with zero attached hydrogens (tertiary/aromatic N) is 1. The van der Waals surface area contributed by atoms with Gasteiger partial charge in [-0.3, -0.25) is 0 Å². The van der Waals surface area contributed by atoms with Gasteiger partial charge in [0.2, 0.25) is 10.0 Å². The molecule has 0 N–H and O–H groups in total. The maximum absolute atomic E-state index is 12.2. The third-order valence-electron chi connectivity index (χ3n) is 3.44. The quantitative estimate of drug-likeness (QED) is 0.753. The van der Waals surface area contributed by atoms with Gasteiger partial charge in [-0.15, -0.1) is 0 Å². The smallest absolute Gasteiger partial charge is 0.213 e. The highest BCUT2D eigenvalue weighted by Gasteiger charge is 2.17. The van der Waals surface area contributed by atoms with Crippen molar-refractivity contribution in [1.29, 1.82) is 0 Å². The van der Waals surface area contributed by atoms with Crippen molar-refractivity contribution in [2.24, 2.45) is 0 Å². The van der Waals surface area contributed by atoms with Crippen LogP contribution in [0.3, 0.4) is 0 Å². The average Bonchev–Trinajstić information content (AvgIpc) is 2.99. The van der Waals surface area contributed by atoms with Crippen LogP contribution in [0.4, 0.5) is 0 Å². The number of aryl methyl sites for hydroxylation is 1. The van der Waals surface area contributed by atoms with Crippen molar-refractivity contribution >= 4 is 10.0 Å². The minimum Gasteiger partial charge on any atom is -0.469 e. The van der Waals surface area contributed by atoms with Crippen LogP contribution in [0.5, 0.6) is 0 Å². The van der Waals surface area contributed by atoms with Gasteiger partial charge >= 0.3 is 0 Å². The van der Waals surface area contributed by atoms with Crippen LogP contribution in [-0.4, -0.2) is 32.1 Å². The normalized spacial score (nSPS) is 11.9. The summed E-state index contributed by atoms with van der Waals surface area (Å²) in [5, 5.41) is 0. The average molecular weight is 307 g/mol. The first-order valence-corrected chi connectivity index (χ1v) is 8.69. The first-order valence-electron chi connectivity index (χ1n) is 7.08. The zero-order valence-electron chi connectivity index (χ0n) is 12.2. The lowest BCUT2D eigenvalue weighted by molar-refractivity contribution is 0.440. The van der Waals surface area contributed by atoms with Crippen molar-refractivity contribution in [3.63, 3.8) is 0 Å². The highest BCUT2D eigenvalue weighted by molar-refractivity contribution is 7.89. The summed E-state index contributed by atoms with van der Waals surface area (Å²) in [6.07, 6.45) is 3.62. The van der Waals surface area contributed by atoms with Crippen molar-refractivity contribution < 1.29 is 12.8 Å². The first kappa shape index (κ1) is 15.8. The predicted octanol–water partition coefficient (Wildman–Crippen LogP) is 2.72.